The minimum absolute atomic E-state index is 0.0799. The lowest BCUT2D eigenvalue weighted by Gasteiger charge is -2.18. The quantitative estimate of drug-likeness (QED) is 0.679. The van der Waals surface area contributed by atoms with Crippen molar-refractivity contribution in [3.05, 3.63) is 65.2 Å². The predicted octanol–water partition coefficient (Wildman–Crippen LogP) is 3.48. The van der Waals surface area contributed by atoms with Gasteiger partial charge in [0.05, 0.1) is 12.5 Å². The van der Waals surface area contributed by atoms with E-state index in [9.17, 15) is 9.59 Å². The van der Waals surface area contributed by atoms with Crippen LogP contribution in [0, 0.1) is 13.8 Å². The van der Waals surface area contributed by atoms with Crippen LogP contribution in [0.5, 0.6) is 5.75 Å². The lowest BCUT2D eigenvalue weighted by atomic mass is 10.0. The van der Waals surface area contributed by atoms with Crippen LogP contribution in [0.4, 0.5) is 0 Å². The monoisotopic (exact) mass is 311 g/mol. The Balaban J connectivity index is 2.09. The topological polar surface area (TPSA) is 55.4 Å². The molecule has 0 heterocycles. The van der Waals surface area contributed by atoms with Crippen molar-refractivity contribution in [1.82, 2.24) is 5.32 Å². The average Bonchev–Trinajstić information content (AvgIpc) is 2.46. The number of esters is 1. The normalized spacial score (nSPS) is 11.6. The van der Waals surface area contributed by atoms with E-state index in [0.717, 1.165) is 16.7 Å². The first-order valence-electron chi connectivity index (χ1n) is 7.55. The summed E-state index contributed by atoms with van der Waals surface area (Å²) in [6.45, 7) is 5.36. The molecule has 1 atom stereocenters. The van der Waals surface area contributed by atoms with Crippen LogP contribution >= 0.6 is 0 Å². The largest absolute Gasteiger partial charge is 0.426 e. The summed E-state index contributed by atoms with van der Waals surface area (Å²) in [5, 5.41) is 2.80. The molecule has 1 N–H and O–H groups in total. The number of benzene rings is 2. The second-order valence-electron chi connectivity index (χ2n) is 5.66. The van der Waals surface area contributed by atoms with Crippen molar-refractivity contribution in [2.45, 2.75) is 33.2 Å². The summed E-state index contributed by atoms with van der Waals surface area (Å²) in [5.41, 5.74) is 3.02. The Morgan fingerprint density at radius 2 is 1.74 bits per heavy atom. The summed E-state index contributed by atoms with van der Waals surface area (Å²) in [4.78, 5) is 23.6. The van der Waals surface area contributed by atoms with Crippen LogP contribution in [0.15, 0.2) is 48.5 Å². The van der Waals surface area contributed by atoms with Gasteiger partial charge in [0.25, 0.3) is 0 Å². The molecule has 4 nitrogen and oxygen atoms in total. The Kier molecular flexibility index (Phi) is 5.52. The number of aryl methyl sites for hydroxylation is 2. The van der Waals surface area contributed by atoms with E-state index >= 15 is 0 Å². The maximum absolute atomic E-state index is 12.2. The van der Waals surface area contributed by atoms with E-state index in [1.807, 2.05) is 50.2 Å². The van der Waals surface area contributed by atoms with Crippen LogP contribution in [0.3, 0.4) is 0 Å². The van der Waals surface area contributed by atoms with Gasteiger partial charge in [-0.05, 0) is 37.1 Å². The van der Waals surface area contributed by atoms with E-state index in [1.165, 1.54) is 6.92 Å². The third-order valence-corrected chi connectivity index (χ3v) is 3.45. The first kappa shape index (κ1) is 16.7. The molecule has 120 valence electrons. The Morgan fingerprint density at radius 3 is 2.35 bits per heavy atom. The number of amides is 1. The number of ether oxygens (including phenoxy) is 1. The number of hydrogen-bond donors (Lipinski definition) is 1. The molecule has 2 aromatic carbocycles. The maximum atomic E-state index is 12.2. The lowest BCUT2D eigenvalue weighted by Crippen LogP contribution is -2.29. The first-order valence-corrected chi connectivity index (χ1v) is 7.55. The first-order chi connectivity index (χ1) is 10.9. The lowest BCUT2D eigenvalue weighted by molar-refractivity contribution is -0.135. The Hall–Kier alpha value is -2.62. The number of carbonyl (C=O) groups is 2. The third-order valence-electron chi connectivity index (χ3n) is 3.45. The summed E-state index contributed by atoms with van der Waals surface area (Å²) < 4.78 is 5.36. The molecule has 2 rings (SSSR count). The molecule has 2 aromatic rings. The fourth-order valence-corrected chi connectivity index (χ4v) is 2.31. The van der Waals surface area contributed by atoms with E-state index in [-0.39, 0.29) is 18.3 Å². The molecule has 0 aliphatic rings. The van der Waals surface area contributed by atoms with Gasteiger partial charge in [0, 0.05) is 6.92 Å². The van der Waals surface area contributed by atoms with Crippen LogP contribution in [-0.4, -0.2) is 11.9 Å². The van der Waals surface area contributed by atoms with Gasteiger partial charge >= 0.3 is 5.97 Å². The summed E-state index contributed by atoms with van der Waals surface area (Å²) in [6, 6.07) is 14.7. The number of nitrogens with one attached hydrogen (secondary N) is 1. The molecular formula is C19H21NO3. The number of hydrogen-bond acceptors (Lipinski definition) is 3. The van der Waals surface area contributed by atoms with Crippen molar-refractivity contribution >= 4 is 11.9 Å². The molecule has 0 aliphatic carbocycles. The van der Waals surface area contributed by atoms with E-state index in [2.05, 4.69) is 5.32 Å². The number of rotatable bonds is 5. The highest BCUT2D eigenvalue weighted by Gasteiger charge is 2.18. The van der Waals surface area contributed by atoms with Gasteiger partial charge in [0.1, 0.15) is 5.75 Å². The Bertz CT molecular complexity index is 692. The Morgan fingerprint density at radius 1 is 1.04 bits per heavy atom. The fourth-order valence-electron chi connectivity index (χ4n) is 2.31. The second-order valence-corrected chi connectivity index (χ2v) is 5.66. The molecule has 4 heteroatoms. The number of carbonyl (C=O) groups excluding carboxylic acids is 2. The standard InChI is InChI=1S/C19H21NO3/c1-13-7-9-16(10-8-13)18(20-15(3)21)12-19(22)23-17-6-4-5-14(2)11-17/h4-11,18H,12H2,1-3H3,(H,20,21). The van der Waals surface area contributed by atoms with Gasteiger partial charge in [-0.15, -0.1) is 0 Å². The zero-order chi connectivity index (χ0) is 16.8. The van der Waals surface area contributed by atoms with Gasteiger partial charge in [-0.1, -0.05) is 42.0 Å². The molecule has 0 radical (unpaired) electrons. The van der Waals surface area contributed by atoms with Crippen molar-refractivity contribution < 1.29 is 14.3 Å². The van der Waals surface area contributed by atoms with Gasteiger partial charge in [0.15, 0.2) is 0 Å². The van der Waals surface area contributed by atoms with Crippen molar-refractivity contribution in [1.29, 1.82) is 0 Å². The highest BCUT2D eigenvalue weighted by molar-refractivity contribution is 5.77. The molecule has 0 fully saturated rings. The highest BCUT2D eigenvalue weighted by atomic mass is 16.5. The van der Waals surface area contributed by atoms with Crippen LogP contribution in [0.2, 0.25) is 0 Å². The smallest absolute Gasteiger partial charge is 0.313 e. The molecule has 0 aliphatic heterocycles. The van der Waals surface area contributed by atoms with Crippen LogP contribution in [0.1, 0.15) is 36.1 Å². The minimum Gasteiger partial charge on any atom is -0.426 e. The zero-order valence-corrected chi connectivity index (χ0v) is 13.6. The van der Waals surface area contributed by atoms with Crippen LogP contribution in [0.25, 0.3) is 0 Å². The molecule has 0 bridgehead atoms. The molecular weight excluding hydrogens is 290 g/mol. The van der Waals surface area contributed by atoms with Gasteiger partial charge in [0.2, 0.25) is 5.91 Å². The zero-order valence-electron chi connectivity index (χ0n) is 13.6. The molecule has 0 saturated carbocycles. The van der Waals surface area contributed by atoms with Crippen molar-refractivity contribution in [2.24, 2.45) is 0 Å². The van der Waals surface area contributed by atoms with Crippen LogP contribution < -0.4 is 10.1 Å². The maximum Gasteiger partial charge on any atom is 0.313 e. The van der Waals surface area contributed by atoms with E-state index in [1.54, 1.807) is 12.1 Å². The molecule has 0 spiro atoms. The van der Waals surface area contributed by atoms with Gasteiger partial charge in [-0.3, -0.25) is 9.59 Å². The third kappa shape index (κ3) is 5.25. The van der Waals surface area contributed by atoms with Crippen LogP contribution in [-0.2, 0) is 9.59 Å². The highest BCUT2D eigenvalue weighted by Crippen LogP contribution is 2.20. The van der Waals surface area contributed by atoms with Crippen molar-refractivity contribution in [2.75, 3.05) is 0 Å². The molecule has 1 unspecified atom stereocenters. The fraction of sp³-hybridized carbons (Fsp3) is 0.263. The van der Waals surface area contributed by atoms with Crippen molar-refractivity contribution in [3.63, 3.8) is 0 Å². The summed E-state index contributed by atoms with van der Waals surface area (Å²) >= 11 is 0. The molecule has 1 amide bonds. The van der Waals surface area contributed by atoms with E-state index < -0.39 is 6.04 Å². The van der Waals surface area contributed by atoms with Gasteiger partial charge in [-0.2, -0.15) is 0 Å². The summed E-state index contributed by atoms with van der Waals surface area (Å²) in [6.07, 6.45) is 0.0799. The minimum atomic E-state index is -0.398. The van der Waals surface area contributed by atoms with Gasteiger partial charge < -0.3 is 10.1 Å². The van der Waals surface area contributed by atoms with E-state index in [0.29, 0.717) is 5.75 Å². The van der Waals surface area contributed by atoms with Gasteiger partial charge in [-0.25, -0.2) is 0 Å². The molecule has 23 heavy (non-hydrogen) atoms. The average molecular weight is 311 g/mol. The second kappa shape index (κ2) is 7.58. The Labute approximate surface area is 136 Å². The molecule has 0 saturated heterocycles. The summed E-state index contributed by atoms with van der Waals surface area (Å²) in [7, 11) is 0. The molecule has 0 aromatic heterocycles. The van der Waals surface area contributed by atoms with Crippen molar-refractivity contribution in [3.8, 4) is 5.75 Å². The summed E-state index contributed by atoms with van der Waals surface area (Å²) in [5.74, 6) is -0.0469. The SMILES string of the molecule is CC(=O)NC(CC(=O)Oc1cccc(C)c1)c1ccc(C)cc1. The predicted molar refractivity (Wildman–Crippen MR) is 89.2 cm³/mol. The van der Waals surface area contributed by atoms with E-state index in [4.69, 9.17) is 4.74 Å².